The summed E-state index contributed by atoms with van der Waals surface area (Å²) in [5.74, 6) is -1.23. The number of amides is 1. The van der Waals surface area contributed by atoms with Crippen LogP contribution in [-0.2, 0) is 11.3 Å². The van der Waals surface area contributed by atoms with Crippen molar-refractivity contribution in [2.24, 2.45) is 0 Å². The highest BCUT2D eigenvalue weighted by atomic mass is 35.5. The van der Waals surface area contributed by atoms with Crippen LogP contribution in [0.3, 0.4) is 0 Å². The molecule has 0 bridgehead atoms. The summed E-state index contributed by atoms with van der Waals surface area (Å²) < 4.78 is 36.9. The molecule has 14 heteroatoms. The summed E-state index contributed by atoms with van der Waals surface area (Å²) in [6, 6.07) is 25.3. The second-order valence-corrected chi connectivity index (χ2v) is 13.1. The molecule has 0 spiro atoms. The Hall–Kier alpha value is -5.77. The molecule has 2 N–H and O–H groups in total. The van der Waals surface area contributed by atoms with Crippen LogP contribution >= 0.6 is 23.2 Å². The summed E-state index contributed by atoms with van der Waals surface area (Å²) in [5, 5.41) is 26.1. The predicted octanol–water partition coefficient (Wildman–Crippen LogP) is 9.20. The van der Waals surface area contributed by atoms with Gasteiger partial charge in [0.25, 0.3) is 0 Å². The van der Waals surface area contributed by atoms with E-state index in [4.69, 9.17) is 27.9 Å². The standard InChI is InChI=1S/C38H30Cl2F2N8O2/c39-26-8-6-24(7-9-26)36(34-21-50(48-47-34)29-12-14-49(15-13-29)38(51)52-22-23-4-2-1-3-5-23)46-28-16-30-35(45-27-10-11-32(41)31(40)17-27)25(19-43)20-44-37(30)33(42)18-28/h1-11,16-18,20-21,29,36,46H,12-15,22H2,(H,44,45). The Labute approximate surface area is 307 Å². The molecule has 3 heterocycles. The molecule has 0 aliphatic carbocycles. The lowest BCUT2D eigenvalue weighted by molar-refractivity contribution is 0.0820. The number of likely N-dealkylation sites (tertiary alicyclic amines) is 1. The zero-order valence-electron chi connectivity index (χ0n) is 27.4. The quantitative estimate of drug-likeness (QED) is 0.151. The van der Waals surface area contributed by atoms with Gasteiger partial charge in [-0.3, -0.25) is 4.98 Å². The molecular weight excluding hydrogens is 709 g/mol. The average molecular weight is 740 g/mol. The van der Waals surface area contributed by atoms with Gasteiger partial charge >= 0.3 is 6.09 Å². The fraction of sp³-hybridized carbons (Fsp3) is 0.184. The van der Waals surface area contributed by atoms with Crippen molar-refractivity contribution in [3.63, 3.8) is 0 Å². The van der Waals surface area contributed by atoms with Crippen molar-refractivity contribution in [2.45, 2.75) is 31.5 Å². The Balaban J connectivity index is 1.13. The van der Waals surface area contributed by atoms with E-state index in [1.807, 2.05) is 48.7 Å². The van der Waals surface area contributed by atoms with Crippen LogP contribution < -0.4 is 10.6 Å². The Morgan fingerprint density at radius 1 is 0.981 bits per heavy atom. The summed E-state index contributed by atoms with van der Waals surface area (Å²) in [6.07, 6.45) is 4.08. The Kier molecular flexibility index (Phi) is 10.2. The number of ether oxygens (including phenoxy) is 1. The molecule has 7 rings (SSSR count). The lowest BCUT2D eigenvalue weighted by atomic mass is 10.0. The maximum Gasteiger partial charge on any atom is 0.410 e. The number of fused-ring (bicyclic) bond motifs is 1. The number of pyridine rings is 1. The number of benzene rings is 4. The summed E-state index contributed by atoms with van der Waals surface area (Å²) in [5.41, 5.74) is 3.52. The first-order valence-corrected chi connectivity index (χ1v) is 17.1. The number of rotatable bonds is 9. The molecule has 1 aliphatic heterocycles. The first-order chi connectivity index (χ1) is 25.2. The van der Waals surface area contributed by atoms with E-state index < -0.39 is 17.7 Å². The van der Waals surface area contributed by atoms with Gasteiger partial charge in [0.05, 0.1) is 34.6 Å². The van der Waals surface area contributed by atoms with E-state index in [9.17, 15) is 14.4 Å². The lowest BCUT2D eigenvalue weighted by Crippen LogP contribution is -2.39. The minimum Gasteiger partial charge on any atom is -0.445 e. The second-order valence-electron chi connectivity index (χ2n) is 12.3. The molecule has 1 fully saturated rings. The van der Waals surface area contributed by atoms with Gasteiger partial charge in [-0.25, -0.2) is 18.3 Å². The molecule has 262 valence electrons. The van der Waals surface area contributed by atoms with E-state index in [1.54, 1.807) is 27.8 Å². The first kappa shape index (κ1) is 34.7. The van der Waals surface area contributed by atoms with Crippen molar-refractivity contribution in [3.05, 3.63) is 141 Å². The van der Waals surface area contributed by atoms with E-state index in [2.05, 4.69) is 32.0 Å². The van der Waals surface area contributed by atoms with Crippen molar-refractivity contribution in [1.82, 2.24) is 24.9 Å². The number of nitrogens with zero attached hydrogens (tertiary/aromatic N) is 6. The Bertz CT molecular complexity index is 2270. The summed E-state index contributed by atoms with van der Waals surface area (Å²) in [6.45, 7) is 1.22. The number of halogens is 4. The van der Waals surface area contributed by atoms with E-state index in [0.717, 1.165) is 11.1 Å². The molecule has 4 aromatic carbocycles. The number of nitriles is 1. The average Bonchev–Trinajstić information content (AvgIpc) is 3.66. The van der Waals surface area contributed by atoms with Crippen molar-refractivity contribution < 1.29 is 18.3 Å². The van der Waals surface area contributed by atoms with Gasteiger partial charge in [-0.2, -0.15) is 5.26 Å². The van der Waals surface area contributed by atoms with E-state index in [0.29, 0.717) is 53.4 Å². The lowest BCUT2D eigenvalue weighted by Gasteiger charge is -2.31. The van der Waals surface area contributed by atoms with Gasteiger partial charge in [0.2, 0.25) is 0 Å². The summed E-state index contributed by atoms with van der Waals surface area (Å²) in [4.78, 5) is 18.6. The maximum atomic E-state index is 15.7. The van der Waals surface area contributed by atoms with Gasteiger partial charge in [-0.05, 0) is 66.4 Å². The van der Waals surface area contributed by atoms with Crippen LogP contribution in [0.5, 0.6) is 0 Å². The van der Waals surface area contributed by atoms with Crippen LogP contribution in [-0.4, -0.2) is 44.1 Å². The number of hydrogen-bond donors (Lipinski definition) is 2. The number of nitrogens with one attached hydrogen (secondary N) is 2. The number of hydrogen-bond acceptors (Lipinski definition) is 8. The SMILES string of the molecule is N#Cc1cnc2c(F)cc(NC(c3ccc(Cl)cc3)c3cn(C4CCN(C(=O)OCc5ccccc5)CC4)nn3)cc2c1Nc1ccc(F)c(Cl)c1. The first-order valence-electron chi connectivity index (χ1n) is 16.4. The van der Waals surface area contributed by atoms with Gasteiger partial charge < -0.3 is 20.3 Å². The molecule has 52 heavy (non-hydrogen) atoms. The van der Waals surface area contributed by atoms with Crippen molar-refractivity contribution in [2.75, 3.05) is 23.7 Å². The maximum absolute atomic E-state index is 15.7. The van der Waals surface area contributed by atoms with Gasteiger partial charge in [0, 0.05) is 41.1 Å². The number of piperidine rings is 1. The molecule has 1 unspecified atom stereocenters. The fourth-order valence-electron chi connectivity index (χ4n) is 6.16. The number of carbonyl (C=O) groups excluding carboxylic acids is 1. The van der Waals surface area contributed by atoms with Crippen LogP contribution in [0.4, 0.5) is 30.6 Å². The molecule has 1 saturated heterocycles. The zero-order chi connectivity index (χ0) is 36.2. The van der Waals surface area contributed by atoms with Gasteiger partial charge in [0.15, 0.2) is 5.82 Å². The monoisotopic (exact) mass is 738 g/mol. The number of anilines is 3. The van der Waals surface area contributed by atoms with Gasteiger partial charge in [-0.1, -0.05) is 70.9 Å². The van der Waals surface area contributed by atoms with Crippen LogP contribution in [0.2, 0.25) is 10.0 Å². The van der Waals surface area contributed by atoms with Gasteiger partial charge in [0.1, 0.15) is 29.7 Å². The topological polar surface area (TPSA) is 121 Å². The van der Waals surface area contributed by atoms with E-state index in [-0.39, 0.29) is 40.5 Å². The zero-order valence-corrected chi connectivity index (χ0v) is 29.0. The minimum absolute atomic E-state index is 0.00696. The van der Waals surface area contributed by atoms with E-state index in [1.165, 1.54) is 30.5 Å². The molecule has 0 saturated carbocycles. The fourth-order valence-corrected chi connectivity index (χ4v) is 6.46. The Morgan fingerprint density at radius 2 is 1.75 bits per heavy atom. The highest BCUT2D eigenvalue weighted by molar-refractivity contribution is 6.31. The number of aromatic nitrogens is 4. The molecule has 1 amide bonds. The van der Waals surface area contributed by atoms with Crippen LogP contribution in [0.15, 0.2) is 97.3 Å². The molecule has 0 radical (unpaired) electrons. The molecule has 10 nitrogen and oxygen atoms in total. The van der Waals surface area contributed by atoms with Crippen LogP contribution in [0.25, 0.3) is 10.9 Å². The third-order valence-electron chi connectivity index (χ3n) is 8.87. The van der Waals surface area contributed by atoms with Gasteiger partial charge in [-0.15, -0.1) is 5.10 Å². The largest absolute Gasteiger partial charge is 0.445 e. The van der Waals surface area contributed by atoms with Crippen molar-refractivity contribution in [3.8, 4) is 6.07 Å². The second kappa shape index (κ2) is 15.2. The summed E-state index contributed by atoms with van der Waals surface area (Å²) in [7, 11) is 0. The van der Waals surface area contributed by atoms with Crippen LogP contribution in [0.1, 0.15) is 47.3 Å². The van der Waals surface area contributed by atoms with Crippen LogP contribution in [0, 0.1) is 23.0 Å². The Morgan fingerprint density at radius 3 is 2.48 bits per heavy atom. The van der Waals surface area contributed by atoms with Crippen molar-refractivity contribution in [1.29, 1.82) is 5.26 Å². The third-order valence-corrected chi connectivity index (χ3v) is 9.42. The minimum atomic E-state index is -0.628. The molecule has 6 aromatic rings. The molecule has 1 atom stereocenters. The molecule has 1 aliphatic rings. The highest BCUT2D eigenvalue weighted by Gasteiger charge is 2.27. The number of carbonyl (C=O) groups is 1. The third kappa shape index (κ3) is 7.61. The van der Waals surface area contributed by atoms with E-state index >= 15 is 4.39 Å². The molecule has 2 aromatic heterocycles. The van der Waals surface area contributed by atoms with Crippen molar-refractivity contribution >= 4 is 57.3 Å². The summed E-state index contributed by atoms with van der Waals surface area (Å²) >= 11 is 12.2. The smallest absolute Gasteiger partial charge is 0.410 e. The normalized spacial score (nSPS) is 13.8. The molecular formula is C38H30Cl2F2N8O2. The highest BCUT2D eigenvalue weighted by Crippen LogP contribution is 2.36. The predicted molar refractivity (Wildman–Crippen MR) is 195 cm³/mol.